The predicted octanol–water partition coefficient (Wildman–Crippen LogP) is 4.40. The molecule has 0 radical (unpaired) electrons. The van der Waals surface area contributed by atoms with Crippen molar-refractivity contribution in [3.63, 3.8) is 0 Å². The number of carbonyl (C=O) groups is 2. The third-order valence-corrected chi connectivity index (χ3v) is 3.45. The number of halogens is 3. The summed E-state index contributed by atoms with van der Waals surface area (Å²) in [5.41, 5.74) is 1.54. The fourth-order valence-electron chi connectivity index (χ4n) is 2.39. The summed E-state index contributed by atoms with van der Waals surface area (Å²) in [6, 6.07) is 7.54. The van der Waals surface area contributed by atoms with Crippen LogP contribution in [0, 0.1) is 0 Å². The SMILES string of the molecule is CCC(=O)c1ncc(-c2cccc(CC(F)(F)F)c2)cc1NC(C)=O. The van der Waals surface area contributed by atoms with Crippen molar-refractivity contribution < 1.29 is 22.8 Å². The van der Waals surface area contributed by atoms with E-state index in [0.29, 0.717) is 11.1 Å². The topological polar surface area (TPSA) is 59.1 Å². The average Bonchev–Trinajstić information content (AvgIpc) is 2.52. The van der Waals surface area contributed by atoms with Crippen LogP contribution in [0.4, 0.5) is 18.9 Å². The molecule has 0 aliphatic rings. The van der Waals surface area contributed by atoms with Gasteiger partial charge in [-0.3, -0.25) is 14.6 Å². The Hall–Kier alpha value is -2.70. The van der Waals surface area contributed by atoms with E-state index in [9.17, 15) is 22.8 Å². The van der Waals surface area contributed by atoms with Gasteiger partial charge in [0.2, 0.25) is 5.91 Å². The summed E-state index contributed by atoms with van der Waals surface area (Å²) in [6.45, 7) is 2.98. The highest BCUT2D eigenvalue weighted by atomic mass is 19.4. The standard InChI is InChI=1S/C18H17F3N2O2/c1-3-16(25)17-15(23-11(2)24)8-14(10-22-17)13-6-4-5-12(7-13)9-18(19,20)21/h4-8,10H,3,9H2,1-2H3,(H,23,24). The molecule has 0 bridgehead atoms. The molecule has 132 valence electrons. The molecule has 0 unspecified atom stereocenters. The number of rotatable bonds is 5. The lowest BCUT2D eigenvalue weighted by atomic mass is 10.0. The number of hydrogen-bond donors (Lipinski definition) is 1. The number of hydrogen-bond acceptors (Lipinski definition) is 3. The minimum Gasteiger partial charge on any atom is -0.324 e. The first kappa shape index (κ1) is 18.6. The number of nitrogens with zero attached hydrogens (tertiary/aromatic N) is 1. The lowest BCUT2D eigenvalue weighted by Gasteiger charge is -2.12. The maximum atomic E-state index is 12.6. The first-order valence-electron chi connectivity index (χ1n) is 7.66. The Morgan fingerprint density at radius 1 is 1.16 bits per heavy atom. The fourth-order valence-corrected chi connectivity index (χ4v) is 2.39. The van der Waals surface area contributed by atoms with E-state index in [2.05, 4.69) is 10.3 Å². The molecule has 0 aliphatic carbocycles. The average molecular weight is 350 g/mol. The molecule has 0 spiro atoms. The van der Waals surface area contributed by atoms with Gasteiger partial charge < -0.3 is 5.32 Å². The van der Waals surface area contributed by atoms with Crippen LogP contribution in [-0.2, 0) is 11.2 Å². The molecule has 4 nitrogen and oxygen atoms in total. The van der Waals surface area contributed by atoms with Gasteiger partial charge in [-0.05, 0) is 17.2 Å². The monoisotopic (exact) mass is 350 g/mol. The number of alkyl halides is 3. The van der Waals surface area contributed by atoms with Crippen LogP contribution in [0.25, 0.3) is 11.1 Å². The van der Waals surface area contributed by atoms with Gasteiger partial charge in [0.1, 0.15) is 5.69 Å². The van der Waals surface area contributed by atoms with Crippen molar-refractivity contribution in [3.8, 4) is 11.1 Å². The molecular weight excluding hydrogens is 333 g/mol. The predicted molar refractivity (Wildman–Crippen MR) is 88.4 cm³/mol. The first-order valence-corrected chi connectivity index (χ1v) is 7.66. The Kier molecular flexibility index (Phi) is 5.56. The smallest absolute Gasteiger partial charge is 0.324 e. The van der Waals surface area contributed by atoms with Crippen LogP contribution in [0.1, 0.15) is 36.3 Å². The van der Waals surface area contributed by atoms with Crippen LogP contribution in [0.15, 0.2) is 36.5 Å². The van der Waals surface area contributed by atoms with Crippen molar-refractivity contribution >= 4 is 17.4 Å². The second kappa shape index (κ2) is 7.46. The van der Waals surface area contributed by atoms with E-state index in [1.54, 1.807) is 19.1 Å². The van der Waals surface area contributed by atoms with Gasteiger partial charge in [0, 0.05) is 25.1 Å². The number of carbonyl (C=O) groups excluding carboxylic acids is 2. The molecule has 2 aromatic rings. The Labute approximate surface area is 143 Å². The summed E-state index contributed by atoms with van der Waals surface area (Å²) in [5, 5.41) is 2.55. The third kappa shape index (κ3) is 5.14. The van der Waals surface area contributed by atoms with Crippen LogP contribution < -0.4 is 5.32 Å². The Morgan fingerprint density at radius 2 is 1.88 bits per heavy atom. The lowest BCUT2D eigenvalue weighted by Crippen LogP contribution is -2.12. The van der Waals surface area contributed by atoms with Gasteiger partial charge in [0.15, 0.2) is 5.78 Å². The zero-order valence-corrected chi connectivity index (χ0v) is 13.8. The Bertz CT molecular complexity index is 801. The molecule has 1 aromatic heterocycles. The van der Waals surface area contributed by atoms with Crippen LogP contribution in [-0.4, -0.2) is 22.9 Å². The van der Waals surface area contributed by atoms with Crippen LogP contribution in [0.5, 0.6) is 0 Å². The van der Waals surface area contributed by atoms with E-state index in [0.717, 1.165) is 0 Å². The second-order valence-electron chi connectivity index (χ2n) is 5.57. The number of anilines is 1. The lowest BCUT2D eigenvalue weighted by molar-refractivity contribution is -0.127. The van der Waals surface area contributed by atoms with Crippen molar-refractivity contribution in [3.05, 3.63) is 47.8 Å². The van der Waals surface area contributed by atoms with Crippen LogP contribution in [0.2, 0.25) is 0 Å². The molecule has 0 aliphatic heterocycles. The number of benzene rings is 1. The van der Waals surface area contributed by atoms with E-state index in [-0.39, 0.29) is 35.1 Å². The maximum absolute atomic E-state index is 12.6. The molecule has 0 atom stereocenters. The summed E-state index contributed by atoms with van der Waals surface area (Å²) >= 11 is 0. The number of ketones is 1. The quantitative estimate of drug-likeness (QED) is 0.813. The van der Waals surface area contributed by atoms with Gasteiger partial charge in [0.25, 0.3) is 0 Å². The largest absolute Gasteiger partial charge is 0.393 e. The number of nitrogens with one attached hydrogen (secondary N) is 1. The molecule has 0 saturated heterocycles. The fraction of sp³-hybridized carbons (Fsp3) is 0.278. The van der Waals surface area contributed by atoms with E-state index in [1.807, 2.05) is 0 Å². The molecule has 0 saturated carbocycles. The molecule has 1 N–H and O–H groups in total. The third-order valence-electron chi connectivity index (χ3n) is 3.45. The van der Waals surface area contributed by atoms with Crippen molar-refractivity contribution in [1.82, 2.24) is 4.98 Å². The zero-order chi connectivity index (χ0) is 18.6. The molecule has 1 aromatic carbocycles. The molecule has 2 rings (SSSR count). The highest BCUT2D eigenvalue weighted by molar-refractivity contribution is 6.03. The zero-order valence-electron chi connectivity index (χ0n) is 13.8. The van der Waals surface area contributed by atoms with E-state index < -0.39 is 12.6 Å². The molecular formula is C18H17F3N2O2. The summed E-state index contributed by atoms with van der Waals surface area (Å²) in [6.07, 6.45) is -3.68. The molecule has 7 heteroatoms. The van der Waals surface area contributed by atoms with Crippen molar-refractivity contribution in [2.75, 3.05) is 5.32 Å². The van der Waals surface area contributed by atoms with Gasteiger partial charge in [-0.2, -0.15) is 13.2 Å². The van der Waals surface area contributed by atoms with Crippen molar-refractivity contribution in [1.29, 1.82) is 0 Å². The van der Waals surface area contributed by atoms with Gasteiger partial charge in [0.05, 0.1) is 12.1 Å². The molecule has 1 heterocycles. The minimum absolute atomic E-state index is 0.125. The molecule has 1 amide bonds. The van der Waals surface area contributed by atoms with Crippen molar-refractivity contribution in [2.45, 2.75) is 32.9 Å². The Morgan fingerprint density at radius 3 is 2.48 bits per heavy atom. The van der Waals surface area contributed by atoms with E-state index in [1.165, 1.54) is 31.3 Å². The summed E-state index contributed by atoms with van der Waals surface area (Å²) in [5.74, 6) is -0.601. The summed E-state index contributed by atoms with van der Waals surface area (Å²) in [7, 11) is 0. The van der Waals surface area contributed by atoms with E-state index >= 15 is 0 Å². The maximum Gasteiger partial charge on any atom is 0.393 e. The second-order valence-corrected chi connectivity index (χ2v) is 5.57. The van der Waals surface area contributed by atoms with Gasteiger partial charge in [-0.1, -0.05) is 31.2 Å². The molecule has 0 fully saturated rings. The van der Waals surface area contributed by atoms with Gasteiger partial charge in [-0.15, -0.1) is 0 Å². The van der Waals surface area contributed by atoms with Crippen molar-refractivity contribution in [2.24, 2.45) is 0 Å². The van der Waals surface area contributed by atoms with Crippen LogP contribution >= 0.6 is 0 Å². The molecule has 25 heavy (non-hydrogen) atoms. The highest BCUT2D eigenvalue weighted by Crippen LogP contribution is 2.28. The minimum atomic E-state index is -4.30. The highest BCUT2D eigenvalue weighted by Gasteiger charge is 2.27. The number of aromatic nitrogens is 1. The van der Waals surface area contributed by atoms with Crippen LogP contribution in [0.3, 0.4) is 0 Å². The van der Waals surface area contributed by atoms with Gasteiger partial charge >= 0.3 is 6.18 Å². The number of amides is 1. The first-order chi connectivity index (χ1) is 11.7. The normalized spacial score (nSPS) is 11.2. The Balaban J connectivity index is 2.44. The number of pyridine rings is 1. The van der Waals surface area contributed by atoms with Gasteiger partial charge in [-0.25, -0.2) is 0 Å². The summed E-state index contributed by atoms with van der Waals surface area (Å²) in [4.78, 5) is 27.4. The number of Topliss-reactive ketones (excluding diaryl/α,β-unsaturated/α-hetero) is 1. The van der Waals surface area contributed by atoms with E-state index in [4.69, 9.17) is 0 Å². The summed E-state index contributed by atoms with van der Waals surface area (Å²) < 4.78 is 37.7.